The molecule has 26 heavy (non-hydrogen) atoms. The minimum absolute atomic E-state index is 0.0101. The van der Waals surface area contributed by atoms with Crippen LogP contribution in [-0.4, -0.2) is 10.1 Å². The van der Waals surface area contributed by atoms with Gasteiger partial charge in [-0.15, -0.1) is 11.3 Å². The van der Waals surface area contributed by atoms with E-state index in [9.17, 15) is 0 Å². The van der Waals surface area contributed by atoms with Crippen molar-refractivity contribution in [2.45, 2.75) is 25.9 Å². The second kappa shape index (κ2) is 7.10. The predicted octanol–water partition coefficient (Wildman–Crippen LogP) is 5.70. The molecule has 132 valence electrons. The summed E-state index contributed by atoms with van der Waals surface area (Å²) in [6.07, 6.45) is 1.83. The number of benzene rings is 1. The van der Waals surface area contributed by atoms with Crippen molar-refractivity contribution >= 4 is 50.3 Å². The van der Waals surface area contributed by atoms with Crippen LogP contribution in [0.5, 0.6) is 0 Å². The van der Waals surface area contributed by atoms with Crippen LogP contribution in [0, 0.1) is 13.8 Å². The Morgan fingerprint density at radius 2 is 1.96 bits per heavy atom. The minimum Gasteiger partial charge on any atom is -0.351 e. The third-order valence-corrected chi connectivity index (χ3v) is 6.76. The highest BCUT2D eigenvalue weighted by Gasteiger charge is 2.41. The number of anilines is 1. The van der Waals surface area contributed by atoms with Gasteiger partial charge in [-0.25, -0.2) is 0 Å². The summed E-state index contributed by atoms with van der Waals surface area (Å²) in [6, 6.07) is 16.9. The van der Waals surface area contributed by atoms with Gasteiger partial charge in [-0.2, -0.15) is 0 Å². The quantitative estimate of drug-likeness (QED) is 0.525. The molecule has 0 saturated carbocycles. The van der Waals surface area contributed by atoms with Crippen LogP contribution in [0.3, 0.4) is 0 Å². The number of halogens is 1. The molecule has 1 N–H and O–H groups in total. The average Bonchev–Trinajstić information content (AvgIpc) is 3.21. The minimum atomic E-state index is 0.0101. The zero-order valence-corrected chi connectivity index (χ0v) is 17.7. The summed E-state index contributed by atoms with van der Waals surface area (Å²) in [4.78, 5) is 8.05. The number of thiophene rings is 1. The summed E-state index contributed by atoms with van der Waals surface area (Å²) >= 11 is 11.1. The first-order valence-electron chi connectivity index (χ1n) is 8.38. The third-order valence-electron chi connectivity index (χ3n) is 4.75. The molecule has 0 spiro atoms. The highest BCUT2D eigenvalue weighted by molar-refractivity contribution is 9.11. The first-order chi connectivity index (χ1) is 12.5. The van der Waals surface area contributed by atoms with Gasteiger partial charge in [-0.1, -0.05) is 12.1 Å². The van der Waals surface area contributed by atoms with Crippen molar-refractivity contribution in [1.82, 2.24) is 10.3 Å². The van der Waals surface area contributed by atoms with Gasteiger partial charge in [0.2, 0.25) is 0 Å². The fraction of sp³-hybridized carbons (Fsp3) is 0.200. The van der Waals surface area contributed by atoms with Crippen LogP contribution in [0.25, 0.3) is 0 Å². The molecule has 1 aliphatic rings. The maximum Gasteiger partial charge on any atom is 0.174 e. The lowest BCUT2D eigenvalue weighted by Crippen LogP contribution is -2.29. The molecule has 3 heterocycles. The molecule has 0 unspecified atom stereocenters. The number of aromatic nitrogens is 1. The zero-order valence-electron chi connectivity index (χ0n) is 14.4. The number of hydrogen-bond acceptors (Lipinski definition) is 3. The summed E-state index contributed by atoms with van der Waals surface area (Å²) in [7, 11) is 0. The molecule has 1 aromatic carbocycles. The molecule has 0 aliphatic carbocycles. The fourth-order valence-electron chi connectivity index (χ4n) is 3.28. The van der Waals surface area contributed by atoms with Crippen LogP contribution < -0.4 is 10.2 Å². The van der Waals surface area contributed by atoms with E-state index in [-0.39, 0.29) is 12.1 Å². The van der Waals surface area contributed by atoms with Crippen molar-refractivity contribution in [1.29, 1.82) is 0 Å². The zero-order chi connectivity index (χ0) is 18.3. The highest BCUT2D eigenvalue weighted by Crippen LogP contribution is 2.44. The second-order valence-electron chi connectivity index (χ2n) is 6.41. The van der Waals surface area contributed by atoms with Crippen molar-refractivity contribution in [2.24, 2.45) is 0 Å². The Morgan fingerprint density at radius 3 is 2.62 bits per heavy atom. The molecular formula is C20H18BrN3S2. The first-order valence-corrected chi connectivity index (χ1v) is 10.4. The van der Waals surface area contributed by atoms with Gasteiger partial charge in [0, 0.05) is 16.8 Å². The van der Waals surface area contributed by atoms with Crippen LogP contribution in [0.1, 0.15) is 33.8 Å². The summed E-state index contributed by atoms with van der Waals surface area (Å²) in [6.45, 7) is 4.27. The van der Waals surface area contributed by atoms with E-state index in [2.05, 4.69) is 81.4 Å². The van der Waals surface area contributed by atoms with Gasteiger partial charge in [0.05, 0.1) is 21.6 Å². The average molecular weight is 444 g/mol. The Kier molecular flexibility index (Phi) is 4.82. The maximum absolute atomic E-state index is 5.74. The summed E-state index contributed by atoms with van der Waals surface area (Å²) in [5.74, 6) is 0. The Bertz CT molecular complexity index is 955. The smallest absolute Gasteiger partial charge is 0.174 e. The lowest BCUT2D eigenvalue weighted by molar-refractivity contribution is 0.575. The van der Waals surface area contributed by atoms with Gasteiger partial charge in [-0.05, 0) is 89.5 Å². The van der Waals surface area contributed by atoms with E-state index in [0.29, 0.717) is 0 Å². The molecular weight excluding hydrogens is 426 g/mol. The molecule has 2 atom stereocenters. The topological polar surface area (TPSA) is 28.2 Å². The maximum atomic E-state index is 5.74. The Balaban J connectivity index is 1.83. The van der Waals surface area contributed by atoms with Crippen LogP contribution >= 0.6 is 39.5 Å². The van der Waals surface area contributed by atoms with Crippen molar-refractivity contribution < 1.29 is 0 Å². The molecule has 3 aromatic rings. The van der Waals surface area contributed by atoms with Crippen LogP contribution in [0.2, 0.25) is 0 Å². The van der Waals surface area contributed by atoms with E-state index in [4.69, 9.17) is 12.2 Å². The standard InChI is InChI=1S/C20H18BrN3S2/c1-12-6-7-14(11-13(12)2)24-19(16-8-9-17(21)26-16)18(23-20(24)25)15-5-3-4-10-22-15/h3-11,18-19H,1-2H3,(H,23,25)/t18-,19-/m1/s1. The molecule has 1 saturated heterocycles. The number of rotatable bonds is 3. The molecule has 0 radical (unpaired) electrons. The molecule has 6 heteroatoms. The number of aryl methyl sites for hydroxylation is 2. The summed E-state index contributed by atoms with van der Waals surface area (Å²) in [5, 5.41) is 4.23. The van der Waals surface area contributed by atoms with Crippen molar-refractivity contribution in [3.63, 3.8) is 0 Å². The van der Waals surface area contributed by atoms with Gasteiger partial charge in [0.15, 0.2) is 5.11 Å². The van der Waals surface area contributed by atoms with E-state index in [1.807, 2.05) is 18.3 Å². The predicted molar refractivity (Wildman–Crippen MR) is 116 cm³/mol. The SMILES string of the molecule is Cc1ccc(N2C(=S)N[C@H](c3ccccn3)[C@H]2c2ccc(Br)s2)cc1C. The monoisotopic (exact) mass is 443 g/mol. The van der Waals surface area contributed by atoms with Crippen LogP contribution in [0.15, 0.2) is 58.5 Å². The number of nitrogens with zero attached hydrogens (tertiary/aromatic N) is 2. The largest absolute Gasteiger partial charge is 0.351 e. The summed E-state index contributed by atoms with van der Waals surface area (Å²) in [5.41, 5.74) is 4.65. The second-order valence-corrected chi connectivity index (χ2v) is 9.29. The van der Waals surface area contributed by atoms with E-state index >= 15 is 0 Å². The Morgan fingerprint density at radius 1 is 1.12 bits per heavy atom. The molecule has 4 rings (SSSR count). The number of thiocarbonyl (C=S) groups is 1. The lowest BCUT2D eigenvalue weighted by Gasteiger charge is -2.27. The molecule has 0 amide bonds. The van der Waals surface area contributed by atoms with E-state index in [1.165, 1.54) is 16.0 Å². The number of pyridine rings is 1. The molecule has 0 bridgehead atoms. The Labute approximate surface area is 171 Å². The molecule has 2 aromatic heterocycles. The van der Waals surface area contributed by atoms with E-state index in [1.54, 1.807) is 11.3 Å². The molecule has 1 fully saturated rings. The Hall–Kier alpha value is -1.76. The van der Waals surface area contributed by atoms with E-state index < -0.39 is 0 Å². The lowest BCUT2D eigenvalue weighted by atomic mass is 10.0. The van der Waals surface area contributed by atoms with Crippen molar-refractivity contribution in [2.75, 3.05) is 4.90 Å². The van der Waals surface area contributed by atoms with Crippen molar-refractivity contribution in [3.05, 3.63) is 80.2 Å². The van der Waals surface area contributed by atoms with Gasteiger partial charge < -0.3 is 10.2 Å². The number of nitrogens with one attached hydrogen (secondary N) is 1. The van der Waals surface area contributed by atoms with Crippen LogP contribution in [-0.2, 0) is 0 Å². The number of hydrogen-bond donors (Lipinski definition) is 1. The first kappa shape index (κ1) is 17.6. The van der Waals surface area contributed by atoms with E-state index in [0.717, 1.165) is 20.3 Å². The molecule has 3 nitrogen and oxygen atoms in total. The van der Waals surface area contributed by atoms with Gasteiger partial charge in [-0.3, -0.25) is 4.98 Å². The molecule has 1 aliphatic heterocycles. The van der Waals surface area contributed by atoms with Crippen LogP contribution in [0.4, 0.5) is 5.69 Å². The third kappa shape index (κ3) is 3.17. The van der Waals surface area contributed by atoms with Gasteiger partial charge in [0.1, 0.15) is 0 Å². The fourth-order valence-corrected chi connectivity index (χ4v) is 5.18. The summed E-state index contributed by atoms with van der Waals surface area (Å²) < 4.78 is 1.12. The highest BCUT2D eigenvalue weighted by atomic mass is 79.9. The van der Waals surface area contributed by atoms with Crippen molar-refractivity contribution in [3.8, 4) is 0 Å². The van der Waals surface area contributed by atoms with Gasteiger partial charge >= 0.3 is 0 Å². The van der Waals surface area contributed by atoms with Gasteiger partial charge in [0.25, 0.3) is 0 Å². The normalized spacial score (nSPS) is 19.7.